The summed E-state index contributed by atoms with van der Waals surface area (Å²) in [7, 11) is 0. The van der Waals surface area contributed by atoms with Crippen molar-refractivity contribution in [3.63, 3.8) is 0 Å². The van der Waals surface area contributed by atoms with E-state index in [0.717, 1.165) is 22.1 Å². The third-order valence-electron chi connectivity index (χ3n) is 4.17. The minimum absolute atomic E-state index is 0.0158. The maximum atomic E-state index is 12.0. The monoisotopic (exact) mass is 360 g/mol. The highest BCUT2D eigenvalue weighted by Crippen LogP contribution is 2.22. The molecule has 0 atom stereocenters. The molecule has 2 amide bonds. The molecule has 2 aromatic rings. The van der Waals surface area contributed by atoms with Gasteiger partial charge in [0.25, 0.3) is 0 Å². The lowest BCUT2D eigenvalue weighted by Gasteiger charge is -2.20. The lowest BCUT2D eigenvalue weighted by molar-refractivity contribution is -0.121. The number of hydrogen-bond acceptors (Lipinski definition) is 6. The fourth-order valence-electron chi connectivity index (χ4n) is 2.66. The van der Waals surface area contributed by atoms with E-state index in [1.165, 1.54) is 6.07 Å². The van der Waals surface area contributed by atoms with Crippen LogP contribution in [-0.4, -0.2) is 36.6 Å². The number of nitrogens with zero attached hydrogens (tertiary/aromatic N) is 1. The predicted octanol–water partition coefficient (Wildman–Crippen LogP) is 2.50. The summed E-state index contributed by atoms with van der Waals surface area (Å²) in [5.74, 6) is -0.454. The van der Waals surface area contributed by atoms with Crippen LogP contribution in [0, 0.1) is 13.8 Å². The van der Waals surface area contributed by atoms with Crippen LogP contribution in [0.4, 0.5) is 4.79 Å². The molecule has 1 aromatic heterocycles. The van der Waals surface area contributed by atoms with Gasteiger partial charge in [0, 0.05) is 18.0 Å². The maximum absolute atomic E-state index is 12.0. The number of alkyl carbamates (subject to hydrolysis) is 1. The van der Waals surface area contributed by atoms with E-state index in [4.69, 9.17) is 9.15 Å². The maximum Gasteiger partial charge on any atom is 0.413 e. The van der Waals surface area contributed by atoms with Gasteiger partial charge < -0.3 is 9.15 Å². The van der Waals surface area contributed by atoms with Gasteiger partial charge in [-0.15, -0.1) is 0 Å². The van der Waals surface area contributed by atoms with Crippen LogP contribution >= 0.6 is 0 Å². The van der Waals surface area contributed by atoms with Gasteiger partial charge in [-0.2, -0.15) is 0 Å². The van der Waals surface area contributed by atoms with Gasteiger partial charge in [-0.1, -0.05) is 6.92 Å². The van der Waals surface area contributed by atoms with Crippen LogP contribution in [-0.2, 0) is 16.1 Å². The van der Waals surface area contributed by atoms with E-state index in [1.54, 1.807) is 6.92 Å². The summed E-state index contributed by atoms with van der Waals surface area (Å²) in [5.41, 5.74) is 3.02. The second-order valence-corrected chi connectivity index (χ2v) is 6.10. The number of aryl methyl sites for hydroxylation is 2. The molecule has 0 aliphatic rings. The van der Waals surface area contributed by atoms with Gasteiger partial charge in [-0.25, -0.2) is 9.59 Å². The Balaban J connectivity index is 2.22. The van der Waals surface area contributed by atoms with Crippen LogP contribution in [0.2, 0.25) is 0 Å². The summed E-state index contributed by atoms with van der Waals surface area (Å²) in [6, 6.07) is 5.28. The van der Waals surface area contributed by atoms with Crippen molar-refractivity contribution in [1.29, 1.82) is 0 Å². The largest absolute Gasteiger partial charge is 0.450 e. The molecule has 1 heterocycles. The second-order valence-electron chi connectivity index (χ2n) is 6.10. The number of carbonyl (C=O) groups excluding carboxylic acids is 2. The fraction of sp³-hybridized carbons (Fsp3) is 0.421. The van der Waals surface area contributed by atoms with Gasteiger partial charge in [0.2, 0.25) is 5.91 Å². The molecule has 0 radical (unpaired) electrons. The highest BCUT2D eigenvalue weighted by molar-refractivity contribution is 5.92. The predicted molar refractivity (Wildman–Crippen MR) is 98.1 cm³/mol. The molecule has 1 N–H and O–H groups in total. The van der Waals surface area contributed by atoms with E-state index in [1.807, 2.05) is 37.8 Å². The van der Waals surface area contributed by atoms with Crippen LogP contribution in [0.3, 0.4) is 0 Å². The van der Waals surface area contributed by atoms with Gasteiger partial charge in [-0.3, -0.25) is 15.0 Å². The fourth-order valence-corrected chi connectivity index (χ4v) is 2.66. The number of ether oxygens (including phenoxy) is 1. The molecule has 26 heavy (non-hydrogen) atoms. The molecule has 0 aliphatic heterocycles. The summed E-state index contributed by atoms with van der Waals surface area (Å²) >= 11 is 0. The summed E-state index contributed by atoms with van der Waals surface area (Å²) in [4.78, 5) is 37.0. The normalized spacial score (nSPS) is 11.0. The van der Waals surface area contributed by atoms with E-state index in [2.05, 4.69) is 5.32 Å². The Morgan fingerprint density at radius 1 is 1.15 bits per heavy atom. The quantitative estimate of drug-likeness (QED) is 0.796. The lowest BCUT2D eigenvalue weighted by Crippen LogP contribution is -2.40. The van der Waals surface area contributed by atoms with Crippen LogP contribution < -0.4 is 10.9 Å². The summed E-state index contributed by atoms with van der Waals surface area (Å²) in [6.45, 7) is 8.69. The number of amides is 2. The topological polar surface area (TPSA) is 88.9 Å². The Hall–Kier alpha value is -2.67. The number of hydrogen-bond donors (Lipinski definition) is 1. The highest BCUT2D eigenvalue weighted by Gasteiger charge is 2.15. The lowest BCUT2D eigenvalue weighted by atomic mass is 10.0. The average Bonchev–Trinajstić information content (AvgIpc) is 2.56. The first-order valence-corrected chi connectivity index (χ1v) is 8.57. The summed E-state index contributed by atoms with van der Waals surface area (Å²) < 4.78 is 10.0. The van der Waals surface area contributed by atoms with Gasteiger partial charge in [-0.05, 0) is 56.1 Å². The van der Waals surface area contributed by atoms with Gasteiger partial charge >= 0.3 is 11.7 Å². The first-order chi connectivity index (χ1) is 12.3. The number of fused-ring (bicyclic) bond motifs is 1. The van der Waals surface area contributed by atoms with Crippen LogP contribution in [0.5, 0.6) is 0 Å². The number of carbonyl (C=O) groups is 2. The van der Waals surface area contributed by atoms with Crippen molar-refractivity contribution in [2.24, 2.45) is 0 Å². The third-order valence-corrected chi connectivity index (χ3v) is 4.17. The Labute approximate surface area is 151 Å². The molecule has 1 aromatic carbocycles. The molecular formula is C19H24N2O5. The SMILES string of the molecule is CCOC(=O)NC(=O)CN(CC)Cc1cc(=O)oc2cc(C)c(C)cc12. The average molecular weight is 360 g/mol. The number of imide groups is 1. The van der Waals surface area contributed by atoms with Crippen LogP contribution in [0.1, 0.15) is 30.5 Å². The minimum atomic E-state index is -0.759. The smallest absolute Gasteiger partial charge is 0.413 e. The van der Waals surface area contributed by atoms with E-state index < -0.39 is 17.6 Å². The van der Waals surface area contributed by atoms with Gasteiger partial charge in [0.05, 0.1) is 13.2 Å². The van der Waals surface area contributed by atoms with Crippen molar-refractivity contribution in [3.8, 4) is 0 Å². The highest BCUT2D eigenvalue weighted by atomic mass is 16.5. The van der Waals surface area contributed by atoms with Crippen molar-refractivity contribution >= 4 is 23.0 Å². The van der Waals surface area contributed by atoms with E-state index in [9.17, 15) is 14.4 Å². The first-order valence-electron chi connectivity index (χ1n) is 8.57. The Bertz CT molecular complexity index is 872. The van der Waals surface area contributed by atoms with Gasteiger partial charge in [0.15, 0.2) is 0 Å². The molecule has 0 saturated carbocycles. The standard InChI is InChI=1S/C19H24N2O5/c1-5-21(11-17(22)20-19(24)25-6-2)10-14-9-18(23)26-16-8-13(4)12(3)7-15(14)16/h7-9H,5-6,10-11H2,1-4H3,(H,20,22,24). The Kier molecular flexibility index (Phi) is 6.52. The summed E-state index contributed by atoms with van der Waals surface area (Å²) in [6.07, 6.45) is -0.759. The van der Waals surface area contributed by atoms with E-state index >= 15 is 0 Å². The third kappa shape index (κ3) is 4.92. The van der Waals surface area contributed by atoms with Crippen molar-refractivity contribution in [2.75, 3.05) is 19.7 Å². The zero-order chi connectivity index (χ0) is 19.3. The van der Waals surface area contributed by atoms with E-state index in [-0.39, 0.29) is 13.2 Å². The molecule has 7 nitrogen and oxygen atoms in total. The van der Waals surface area contributed by atoms with Crippen LogP contribution in [0.15, 0.2) is 27.4 Å². The van der Waals surface area contributed by atoms with Crippen LogP contribution in [0.25, 0.3) is 11.0 Å². The number of benzene rings is 1. The first kappa shape index (κ1) is 19.7. The molecule has 0 spiro atoms. The number of likely N-dealkylation sites (N-methyl/N-ethyl adjacent to an activating group) is 1. The molecule has 0 unspecified atom stereocenters. The number of rotatable bonds is 6. The van der Waals surface area contributed by atoms with Crippen molar-refractivity contribution in [1.82, 2.24) is 10.2 Å². The van der Waals surface area contributed by atoms with Crippen molar-refractivity contribution in [2.45, 2.75) is 34.2 Å². The zero-order valence-electron chi connectivity index (χ0n) is 15.5. The molecule has 0 bridgehead atoms. The second kappa shape index (κ2) is 8.62. The summed E-state index contributed by atoms with van der Waals surface area (Å²) in [5, 5.41) is 3.02. The minimum Gasteiger partial charge on any atom is -0.450 e. The van der Waals surface area contributed by atoms with E-state index in [0.29, 0.717) is 18.7 Å². The molecule has 2 rings (SSSR count). The molecule has 7 heteroatoms. The van der Waals surface area contributed by atoms with Crippen molar-refractivity contribution < 1.29 is 18.7 Å². The Morgan fingerprint density at radius 2 is 1.85 bits per heavy atom. The Morgan fingerprint density at radius 3 is 2.50 bits per heavy atom. The number of nitrogens with one attached hydrogen (secondary N) is 1. The molecule has 0 aliphatic carbocycles. The van der Waals surface area contributed by atoms with Crippen molar-refractivity contribution in [3.05, 3.63) is 45.3 Å². The molecule has 140 valence electrons. The molecule has 0 fully saturated rings. The molecule has 0 saturated heterocycles. The molecular weight excluding hydrogens is 336 g/mol. The zero-order valence-corrected chi connectivity index (χ0v) is 15.5. The van der Waals surface area contributed by atoms with Gasteiger partial charge in [0.1, 0.15) is 5.58 Å².